The molecule has 15 rings (SSSR count). The topological polar surface area (TPSA) is 402 Å². The molecule has 0 aliphatic carbocycles. The number of nitrogens with one attached hydrogen (secondary N) is 5. The van der Waals surface area contributed by atoms with Crippen LogP contribution in [0.15, 0.2) is 252 Å². The Labute approximate surface area is 942 Å². The second kappa shape index (κ2) is 62.1. The number of carbonyl (C=O) groups is 5. The molecule has 0 bridgehead atoms. The Balaban J connectivity index is 0.000000177. The van der Waals surface area contributed by atoms with Gasteiger partial charge in [0.1, 0.15) is 40.2 Å². The number of aromatic nitrogens is 13. The van der Waals surface area contributed by atoms with Gasteiger partial charge in [0.25, 0.3) is 34.1 Å². The van der Waals surface area contributed by atoms with Crippen molar-refractivity contribution in [3.05, 3.63) is 272 Å². The maximum Gasteiger partial charge on any atom is 0.313 e. The van der Waals surface area contributed by atoms with Crippen molar-refractivity contribution in [2.45, 2.75) is 73.6 Å². The summed E-state index contributed by atoms with van der Waals surface area (Å²) in [6, 6.07) is 35.9. The first-order chi connectivity index (χ1) is 71.6. The zero-order chi connectivity index (χ0) is 107. The summed E-state index contributed by atoms with van der Waals surface area (Å²) in [4.78, 5) is 104. The van der Waals surface area contributed by atoms with Crippen LogP contribution in [0.2, 0.25) is 50.2 Å². The smallest absolute Gasteiger partial charge is 0.313 e. The number of anilines is 5. The summed E-state index contributed by atoms with van der Waals surface area (Å²) in [6.45, 7) is 7.83. The summed E-state index contributed by atoms with van der Waals surface area (Å²) < 4.78 is 41.1. The molecule has 35 nitrogen and oxygen atoms in total. The molecule has 5 N–H and O–H groups in total. The molecule has 0 aliphatic heterocycles. The van der Waals surface area contributed by atoms with Gasteiger partial charge in [-0.1, -0.05) is 174 Å². The molecule has 10 aromatic heterocycles. The summed E-state index contributed by atoms with van der Waals surface area (Å²) in [5.74, 6) is 1.78. The summed E-state index contributed by atoms with van der Waals surface area (Å²) in [5.41, 5.74) is 3.16. The van der Waals surface area contributed by atoms with E-state index in [-0.39, 0.29) is 49.8 Å². The van der Waals surface area contributed by atoms with E-state index >= 15 is 0 Å². The van der Waals surface area contributed by atoms with Gasteiger partial charge in [-0.2, -0.15) is 0 Å². The number of carbonyl (C=O) groups excluding carboxylic acids is 5. The number of halogens is 10. The van der Waals surface area contributed by atoms with E-state index in [2.05, 4.69) is 112 Å². The maximum absolute atomic E-state index is 12.5. The minimum absolute atomic E-state index is 0.0720. The predicted molar refractivity (Wildman–Crippen MR) is 595 cm³/mol. The van der Waals surface area contributed by atoms with Crippen molar-refractivity contribution in [2.75, 3.05) is 163 Å². The number of ether oxygens (including phenoxy) is 5. The van der Waals surface area contributed by atoms with Crippen molar-refractivity contribution < 1.29 is 56.5 Å². The highest BCUT2D eigenvalue weighted by Crippen LogP contribution is 2.45. The van der Waals surface area contributed by atoms with Gasteiger partial charge in [-0.25, -0.2) is 9.97 Å². The Kier molecular flexibility index (Phi) is 49.6. The molecular weight excluding hydrogens is 2280 g/mol. The number of amides is 5. The number of pyridine rings is 5. The van der Waals surface area contributed by atoms with Crippen LogP contribution in [0.4, 0.5) is 28.4 Å². The first-order valence-corrected chi connectivity index (χ1v) is 54.6. The van der Waals surface area contributed by atoms with Gasteiger partial charge in [-0.05, 0) is 241 Å². The van der Waals surface area contributed by atoms with Gasteiger partial charge in [0.2, 0.25) is 15.8 Å². The molecule has 10 heterocycles. The van der Waals surface area contributed by atoms with Gasteiger partial charge >= 0.3 is 11.8 Å². The second-order valence-electron chi connectivity index (χ2n) is 31.8. The van der Waals surface area contributed by atoms with Crippen LogP contribution in [0, 0.1) is 0 Å². The van der Waals surface area contributed by atoms with E-state index in [0.717, 1.165) is 133 Å². The molecule has 0 unspecified atom stereocenters. The molecule has 5 amide bonds. The Bertz CT molecular complexity index is 6090. The van der Waals surface area contributed by atoms with Crippen LogP contribution in [0.1, 0.15) is 76.2 Å². The molecule has 0 radical (unpaired) electrons. The number of hydrogen-bond acceptors (Lipinski definition) is 38. The van der Waals surface area contributed by atoms with E-state index < -0.39 is 11.8 Å². The lowest BCUT2D eigenvalue weighted by atomic mass is 10.3. The van der Waals surface area contributed by atoms with Crippen molar-refractivity contribution in [2.24, 2.45) is 0 Å². The zero-order valence-electron chi connectivity index (χ0n) is 80.9. The molecule has 0 saturated heterocycles. The van der Waals surface area contributed by atoms with Crippen molar-refractivity contribution in [1.82, 2.24) is 90.0 Å². The molecule has 0 saturated carbocycles. The van der Waals surface area contributed by atoms with Crippen LogP contribution in [0.25, 0.3) is 0 Å². The average molecular weight is 2370 g/mol. The SMILES string of the molecule is CN(C)CCCOc1ccc(NC(=O)c2cnc(Sc3c(Cl)cncc3Cl)o2)cc1.CN(C)CCCOc1ccc(NC(=O)c2cnc(Sc3c(Cl)cncc3Cl)s2)cc1.CN(C)CCCOc1ccc(NC(=O)c2nnc(Sc3c(Cl)cncc3Cl)o2)cc1.CN(C)CCCOc1ccc(NC(=O)c2nnc(Sc3c(Cl)cncc3Cl)s2)cc1.CN(C)CCOc1ccc(NC(=O)c2nnc(Sc3c(Cl)cncc3Cl)s2)cc1. The van der Waals surface area contributed by atoms with E-state index in [4.69, 9.17) is 149 Å². The molecule has 0 fully saturated rings. The Morgan fingerprint density at radius 3 is 0.886 bits per heavy atom. The molecule has 0 spiro atoms. The second-order valence-corrected chi connectivity index (χ2v) is 44.6. The number of rotatable bonds is 44. The van der Waals surface area contributed by atoms with Gasteiger partial charge in [-0.15, -0.1) is 41.9 Å². The van der Waals surface area contributed by atoms with Gasteiger partial charge in [-0.3, -0.25) is 48.9 Å². The number of benzene rings is 5. The van der Waals surface area contributed by atoms with Crippen molar-refractivity contribution in [3.8, 4) is 28.7 Å². The van der Waals surface area contributed by atoms with E-state index in [1.54, 1.807) is 84.9 Å². The van der Waals surface area contributed by atoms with Crippen LogP contribution in [0.5, 0.6) is 28.7 Å². The van der Waals surface area contributed by atoms with E-state index in [1.807, 2.05) is 112 Å². The van der Waals surface area contributed by atoms with Crippen LogP contribution < -0.4 is 50.3 Å². The number of oxazole rings is 1. The largest absolute Gasteiger partial charge is 0.494 e. The quantitative estimate of drug-likeness (QED) is 0.0221. The fourth-order valence-electron chi connectivity index (χ4n) is 11.5. The lowest BCUT2D eigenvalue weighted by molar-refractivity contribution is 0.0980. The molecule has 5 aromatic carbocycles. The minimum Gasteiger partial charge on any atom is -0.494 e. The fourth-order valence-corrected chi connectivity index (χ4v) is 21.1. The van der Waals surface area contributed by atoms with Crippen LogP contribution in [-0.2, 0) is 0 Å². The highest BCUT2D eigenvalue weighted by molar-refractivity contribution is 8.02. The third-order valence-corrected chi connectivity index (χ3v) is 31.1. The van der Waals surface area contributed by atoms with Crippen LogP contribution in [0.3, 0.4) is 0 Å². The minimum atomic E-state index is -0.527. The van der Waals surface area contributed by atoms with Gasteiger partial charge in [0, 0.05) is 123 Å². The molecule has 149 heavy (non-hydrogen) atoms. The fraction of sp³-hybridized carbons (Fsp3) is 0.250. The summed E-state index contributed by atoms with van der Waals surface area (Å²) in [5, 5.41) is 42.3. The predicted octanol–water partition coefficient (Wildman–Crippen LogP) is 24.8. The first-order valence-electron chi connectivity index (χ1n) is 44.3. The van der Waals surface area contributed by atoms with Gasteiger partial charge < -0.3 is 83.6 Å². The highest BCUT2D eigenvalue weighted by Gasteiger charge is 2.25. The average Bonchev–Trinajstić information content (AvgIpc) is 1.74. The van der Waals surface area contributed by atoms with Crippen LogP contribution >= 0.6 is 209 Å². The summed E-state index contributed by atoms with van der Waals surface area (Å²) in [6.07, 6.45) is 21.5. The van der Waals surface area contributed by atoms with Gasteiger partial charge in [0.15, 0.2) is 13.0 Å². The number of nitrogens with zero attached hydrogens (tertiary/aromatic N) is 18. The Hall–Kier alpha value is -10.3. The lowest BCUT2D eigenvalue weighted by Gasteiger charge is -2.11. The Morgan fingerprint density at radius 2 is 0.564 bits per heavy atom. The van der Waals surface area contributed by atoms with Crippen molar-refractivity contribution in [3.63, 3.8) is 0 Å². The molecule has 53 heteroatoms. The maximum atomic E-state index is 12.5. The molecule has 15 aromatic rings. The third-order valence-electron chi connectivity index (χ3n) is 18.7. The van der Waals surface area contributed by atoms with Gasteiger partial charge in [0.05, 0.1) is 114 Å². The molecular formula is C96H95Cl10N23O12S8. The monoisotopic (exact) mass is 2370 g/mol. The Morgan fingerprint density at radius 1 is 0.282 bits per heavy atom. The first kappa shape index (κ1) is 119. The molecule has 784 valence electrons. The zero-order valence-corrected chi connectivity index (χ0v) is 95.0. The standard InChI is InChI=1S/C20H20Cl2N4O3S.C20H20Cl2N4O2S2.C19H19Cl2N5O3S.C19H19Cl2N5O2S2.C18H17Cl2N5O2S2/c2*1-26(2)8-3-9-28-14-6-4-13(5-7-14)25-19(27)17-12-24-20(29-17)30-18-15(21)10-23-11-16(18)22;1-26(2)8-3-9-28-13-6-4-12(5-7-13)23-17(27)18-24-25-19(29-18)30-16-14(20)10-22-11-15(16)21;1-26(2)8-3-9-28-13-6-4-12(5-7-13)23-17(27)18-24-25-19(30-18)29-16-14(20)10-22-11-15(16)21;1-25(2)7-8-27-12-5-3-11(4-6-12)22-16(26)17-23-24-18(29-17)28-15-13(19)9-21-10-14(15)20/h2*4-7,10-12H,3,8-9H2,1-2H3,(H,25,27);2*4-7,10-11H,3,8-9H2,1-2H3,(H,23,27);3-6,9-10H,7-8H2,1-2H3,(H,22,26). The molecule has 0 atom stereocenters. The summed E-state index contributed by atoms with van der Waals surface area (Å²) in [7, 11) is 20.2. The number of likely N-dealkylation sites (N-methyl/N-ethyl adjacent to an activating group) is 1. The third kappa shape index (κ3) is 41.0. The van der Waals surface area contributed by atoms with E-state index in [0.29, 0.717) is 154 Å². The van der Waals surface area contributed by atoms with Crippen LogP contribution in [-0.4, -0.2) is 256 Å². The number of hydrogen-bond donors (Lipinski definition) is 5. The van der Waals surface area contributed by atoms with Crippen molar-refractivity contribution in [1.29, 1.82) is 0 Å². The van der Waals surface area contributed by atoms with E-state index in [9.17, 15) is 24.0 Å². The number of thiazole rings is 1. The molecule has 0 aliphatic rings. The highest BCUT2D eigenvalue weighted by atomic mass is 35.5. The van der Waals surface area contributed by atoms with Crippen molar-refractivity contribution >= 4 is 267 Å². The lowest BCUT2D eigenvalue weighted by Crippen LogP contribution is -2.19. The normalized spacial score (nSPS) is 11.0. The summed E-state index contributed by atoms with van der Waals surface area (Å²) >= 11 is 70.6. The van der Waals surface area contributed by atoms with E-state index in [1.165, 1.54) is 121 Å².